The van der Waals surface area contributed by atoms with Crippen LogP contribution >= 0.6 is 11.6 Å². The van der Waals surface area contributed by atoms with E-state index in [1.165, 1.54) is 12.3 Å². The number of nitrogens with two attached hydrogens (primary N) is 1. The zero-order valence-electron chi connectivity index (χ0n) is 9.61. The molecule has 0 radical (unpaired) electrons. The van der Waals surface area contributed by atoms with Gasteiger partial charge in [0.05, 0.1) is 23.6 Å². The van der Waals surface area contributed by atoms with Crippen LogP contribution in [0.3, 0.4) is 0 Å². The largest absolute Gasteiger partial charge is 0.397 e. The Morgan fingerprint density at radius 2 is 2.41 bits per heavy atom. The first-order valence-corrected chi connectivity index (χ1v) is 5.75. The predicted molar refractivity (Wildman–Crippen MR) is 66.9 cm³/mol. The van der Waals surface area contributed by atoms with Crippen molar-refractivity contribution in [3.05, 3.63) is 23.0 Å². The van der Waals surface area contributed by atoms with Crippen LogP contribution in [0.4, 0.5) is 5.69 Å². The molecule has 0 saturated carbocycles. The highest BCUT2D eigenvalue weighted by molar-refractivity contribution is 6.32. The van der Waals surface area contributed by atoms with E-state index in [0.29, 0.717) is 25.1 Å². The van der Waals surface area contributed by atoms with Gasteiger partial charge in [-0.25, -0.2) is 4.98 Å². The topological polar surface area (TPSA) is 88.2 Å². The van der Waals surface area contributed by atoms with E-state index in [4.69, 9.17) is 22.4 Å². The molecular weight excluding hydrogens is 242 g/mol. The lowest BCUT2D eigenvalue weighted by atomic mass is 10.2. The predicted octanol–water partition coefficient (Wildman–Crippen LogP) is 1.21. The van der Waals surface area contributed by atoms with Gasteiger partial charge in [0.15, 0.2) is 0 Å². The normalized spacial score (nSPS) is 12.2. The highest BCUT2D eigenvalue weighted by Crippen LogP contribution is 2.15. The van der Waals surface area contributed by atoms with Gasteiger partial charge in [-0.1, -0.05) is 11.6 Å². The fourth-order valence-corrected chi connectivity index (χ4v) is 1.51. The van der Waals surface area contributed by atoms with Gasteiger partial charge in [-0.05, 0) is 25.8 Å². The third kappa shape index (κ3) is 4.58. The highest BCUT2D eigenvalue weighted by Gasteiger charge is 2.11. The van der Waals surface area contributed by atoms with Gasteiger partial charge in [0.2, 0.25) is 0 Å². The van der Waals surface area contributed by atoms with Crippen molar-refractivity contribution in [1.29, 1.82) is 0 Å². The Kier molecular flexibility index (Phi) is 5.18. The summed E-state index contributed by atoms with van der Waals surface area (Å²) in [5, 5.41) is 11.9. The summed E-state index contributed by atoms with van der Waals surface area (Å²) in [5.74, 6) is -0.305. The number of aliphatic hydroxyl groups excluding tert-OH is 1. The summed E-state index contributed by atoms with van der Waals surface area (Å²) in [6, 6.07) is 1.49. The third-order valence-corrected chi connectivity index (χ3v) is 2.49. The van der Waals surface area contributed by atoms with Crippen molar-refractivity contribution >= 4 is 23.2 Å². The van der Waals surface area contributed by atoms with Crippen LogP contribution in [0.1, 0.15) is 30.1 Å². The number of nitrogen functional groups attached to an aromatic ring is 1. The molecule has 94 valence electrons. The molecular formula is C11H16ClN3O2. The molecule has 0 saturated heterocycles. The Morgan fingerprint density at radius 1 is 1.71 bits per heavy atom. The average Bonchev–Trinajstić information content (AvgIpc) is 2.27. The molecule has 1 rings (SSSR count). The molecule has 0 aromatic carbocycles. The van der Waals surface area contributed by atoms with Gasteiger partial charge in [-0.15, -0.1) is 0 Å². The van der Waals surface area contributed by atoms with E-state index >= 15 is 0 Å². The van der Waals surface area contributed by atoms with Crippen molar-refractivity contribution in [2.45, 2.75) is 25.9 Å². The van der Waals surface area contributed by atoms with Crippen LogP contribution < -0.4 is 11.1 Å². The van der Waals surface area contributed by atoms with Crippen LogP contribution in [0, 0.1) is 0 Å². The summed E-state index contributed by atoms with van der Waals surface area (Å²) in [7, 11) is 0. The van der Waals surface area contributed by atoms with Crippen LogP contribution in [0.5, 0.6) is 0 Å². The van der Waals surface area contributed by atoms with Gasteiger partial charge < -0.3 is 16.2 Å². The number of nitrogens with one attached hydrogen (secondary N) is 1. The van der Waals surface area contributed by atoms with Crippen LogP contribution in [-0.4, -0.2) is 28.6 Å². The molecule has 1 atom stereocenters. The summed E-state index contributed by atoms with van der Waals surface area (Å²) in [5.41, 5.74) is 6.19. The van der Waals surface area contributed by atoms with Crippen LogP contribution in [0.2, 0.25) is 5.15 Å². The van der Waals surface area contributed by atoms with Gasteiger partial charge >= 0.3 is 0 Å². The number of amides is 1. The van der Waals surface area contributed by atoms with Crippen molar-refractivity contribution in [1.82, 2.24) is 10.3 Å². The summed E-state index contributed by atoms with van der Waals surface area (Å²) in [4.78, 5) is 15.5. The lowest BCUT2D eigenvalue weighted by Gasteiger charge is -2.07. The Hall–Kier alpha value is -1.33. The van der Waals surface area contributed by atoms with Gasteiger partial charge in [0.25, 0.3) is 5.91 Å². The van der Waals surface area contributed by atoms with E-state index in [1.807, 2.05) is 0 Å². The first-order chi connectivity index (χ1) is 8.00. The molecule has 1 heterocycles. The van der Waals surface area contributed by atoms with Gasteiger partial charge in [0, 0.05) is 6.54 Å². The number of rotatable bonds is 5. The van der Waals surface area contributed by atoms with E-state index in [0.717, 1.165) is 0 Å². The fourth-order valence-electron chi connectivity index (χ4n) is 1.32. The van der Waals surface area contributed by atoms with E-state index in [2.05, 4.69) is 10.3 Å². The standard InChI is InChI=1S/C11H16ClN3O2/c1-7(16)3-2-4-14-11(17)9-5-8(13)6-15-10(9)12/h5-7,16H,2-4,13H2,1H3,(H,14,17). The third-order valence-electron chi connectivity index (χ3n) is 2.19. The summed E-state index contributed by atoms with van der Waals surface area (Å²) in [6.07, 6.45) is 2.39. The minimum Gasteiger partial charge on any atom is -0.397 e. The second kappa shape index (κ2) is 6.42. The van der Waals surface area contributed by atoms with Crippen molar-refractivity contribution < 1.29 is 9.90 Å². The molecule has 4 N–H and O–H groups in total. The molecule has 1 aromatic rings. The minimum absolute atomic E-state index is 0.132. The SMILES string of the molecule is CC(O)CCCNC(=O)c1cc(N)cnc1Cl. The maximum atomic E-state index is 11.7. The number of carbonyl (C=O) groups excluding carboxylic acids is 1. The minimum atomic E-state index is -0.357. The van der Waals surface area contributed by atoms with Crippen molar-refractivity contribution in [3.8, 4) is 0 Å². The molecule has 0 aliphatic carbocycles. The average molecular weight is 258 g/mol. The highest BCUT2D eigenvalue weighted by atomic mass is 35.5. The number of pyridine rings is 1. The smallest absolute Gasteiger partial charge is 0.254 e. The number of anilines is 1. The van der Waals surface area contributed by atoms with Crippen molar-refractivity contribution in [2.24, 2.45) is 0 Å². The second-order valence-electron chi connectivity index (χ2n) is 3.85. The van der Waals surface area contributed by atoms with Crippen molar-refractivity contribution in [2.75, 3.05) is 12.3 Å². The first kappa shape index (κ1) is 13.7. The number of hydrogen-bond acceptors (Lipinski definition) is 4. The molecule has 1 aromatic heterocycles. The zero-order valence-corrected chi connectivity index (χ0v) is 10.4. The number of aromatic nitrogens is 1. The van der Waals surface area contributed by atoms with Crippen LogP contribution in [0.15, 0.2) is 12.3 Å². The van der Waals surface area contributed by atoms with E-state index in [9.17, 15) is 4.79 Å². The summed E-state index contributed by atoms with van der Waals surface area (Å²) >= 11 is 5.79. The molecule has 17 heavy (non-hydrogen) atoms. The molecule has 6 heteroatoms. The number of halogens is 1. The summed E-state index contributed by atoms with van der Waals surface area (Å²) in [6.45, 7) is 2.19. The maximum absolute atomic E-state index is 11.7. The van der Waals surface area contributed by atoms with E-state index in [-0.39, 0.29) is 22.7 Å². The summed E-state index contributed by atoms with van der Waals surface area (Å²) < 4.78 is 0. The molecule has 5 nitrogen and oxygen atoms in total. The molecule has 1 unspecified atom stereocenters. The van der Waals surface area contributed by atoms with E-state index < -0.39 is 0 Å². The molecule has 0 aliphatic heterocycles. The Balaban J connectivity index is 2.49. The monoisotopic (exact) mass is 257 g/mol. The zero-order chi connectivity index (χ0) is 12.8. The first-order valence-electron chi connectivity index (χ1n) is 5.38. The van der Waals surface area contributed by atoms with Gasteiger partial charge in [0.1, 0.15) is 5.15 Å². The molecule has 0 aliphatic rings. The lowest BCUT2D eigenvalue weighted by Crippen LogP contribution is -2.25. The maximum Gasteiger partial charge on any atom is 0.254 e. The molecule has 0 fully saturated rings. The Morgan fingerprint density at radius 3 is 3.06 bits per heavy atom. The number of carbonyl (C=O) groups is 1. The fraction of sp³-hybridized carbons (Fsp3) is 0.455. The van der Waals surface area contributed by atoms with Gasteiger partial charge in [-0.2, -0.15) is 0 Å². The van der Waals surface area contributed by atoms with E-state index in [1.54, 1.807) is 6.92 Å². The van der Waals surface area contributed by atoms with Gasteiger partial charge in [-0.3, -0.25) is 4.79 Å². The molecule has 0 spiro atoms. The van der Waals surface area contributed by atoms with Crippen LogP contribution in [-0.2, 0) is 0 Å². The van der Waals surface area contributed by atoms with Crippen molar-refractivity contribution in [3.63, 3.8) is 0 Å². The molecule has 1 amide bonds. The second-order valence-corrected chi connectivity index (χ2v) is 4.21. The molecule has 0 bridgehead atoms. The number of hydrogen-bond donors (Lipinski definition) is 3. The lowest BCUT2D eigenvalue weighted by molar-refractivity contribution is 0.0949. The Labute approximate surface area is 105 Å². The quantitative estimate of drug-likeness (QED) is 0.546. The van der Waals surface area contributed by atoms with Crippen LogP contribution in [0.25, 0.3) is 0 Å². The number of nitrogens with zero attached hydrogens (tertiary/aromatic N) is 1. The number of aliphatic hydroxyl groups is 1. The Bertz CT molecular complexity index is 396.